The van der Waals surface area contributed by atoms with Gasteiger partial charge < -0.3 is 0 Å². The van der Waals surface area contributed by atoms with Crippen molar-refractivity contribution >= 4 is 58.5 Å². The van der Waals surface area contributed by atoms with Gasteiger partial charge in [-0.3, -0.25) is 0 Å². The second-order valence-electron chi connectivity index (χ2n) is 27.5. The van der Waals surface area contributed by atoms with Crippen molar-refractivity contribution in [3.05, 3.63) is 178 Å². The fraction of sp³-hybridized carbons (Fsp3) is 0.417. The van der Waals surface area contributed by atoms with Crippen LogP contribution >= 0.6 is 17.0 Å². The van der Waals surface area contributed by atoms with Gasteiger partial charge in [-0.15, -0.1) is 74.6 Å². The topological polar surface area (TPSA) is 0 Å². The van der Waals surface area contributed by atoms with E-state index in [2.05, 4.69) is 266 Å². The van der Waals surface area contributed by atoms with E-state index in [-0.39, 0.29) is 32.5 Å². The van der Waals surface area contributed by atoms with Gasteiger partial charge in [0.1, 0.15) is 0 Å². The van der Waals surface area contributed by atoms with Crippen LogP contribution in [0.25, 0.3) is 54.9 Å². The van der Waals surface area contributed by atoms with Crippen molar-refractivity contribution in [2.24, 2.45) is 0 Å². The Hall–Kier alpha value is -3.78. The van der Waals surface area contributed by atoms with Gasteiger partial charge in [-0.25, -0.2) is 0 Å². The minimum atomic E-state index is -0.826. The Kier molecular flexibility index (Phi) is 19.6. The van der Waals surface area contributed by atoms with Crippen LogP contribution < -0.4 is 10.4 Å². The minimum absolute atomic E-state index is 0.122. The minimum Gasteiger partial charge on any atom is -0.184 e. The maximum atomic E-state index is 4.93. The summed E-state index contributed by atoms with van der Waals surface area (Å²) in [6.45, 7) is 46.3. The summed E-state index contributed by atoms with van der Waals surface area (Å²) in [6, 6.07) is 51.9. The summed E-state index contributed by atoms with van der Waals surface area (Å²) < 4.78 is 0. The molecule has 1 heterocycles. The largest absolute Gasteiger partial charge is 0.184 e. The molecule has 0 unspecified atom stereocenters. The van der Waals surface area contributed by atoms with Crippen LogP contribution in [0.5, 0.6) is 0 Å². The van der Waals surface area contributed by atoms with Gasteiger partial charge in [0.2, 0.25) is 0 Å². The molecule has 2 radical (unpaired) electrons. The summed E-state index contributed by atoms with van der Waals surface area (Å²) in [7, 11) is 10.7. The molecule has 4 heteroatoms. The summed E-state index contributed by atoms with van der Waals surface area (Å²) in [5.74, 6) is 0. The summed E-state index contributed by atoms with van der Waals surface area (Å²) in [4.78, 5) is 0. The Morgan fingerprint density at radius 2 is 0.816 bits per heavy atom. The van der Waals surface area contributed by atoms with Gasteiger partial charge in [-0.1, -0.05) is 245 Å². The molecule has 1 aliphatic rings. The van der Waals surface area contributed by atoms with E-state index >= 15 is 0 Å². The summed E-state index contributed by atoms with van der Waals surface area (Å²) in [6.07, 6.45) is 4.56. The number of hydrogen-bond donors (Lipinski definition) is 0. The SMILES string of the molecule is CCCc1ccc2[cH-]c(C(C)(C)C)cc2c1-c1cc(C(C)(C)C)cc(C(C)(C)C)c1.CCCc1ccc2[cH-]c(C(C)(C)C)cc2c1-c1cc(C(C)(C)C)cc(C(C)(C)C)c1.[Cl][Zr][Cl].[c-]1cccc2c1[Si]c1ccccc1-2. The Labute approximate surface area is 483 Å². The van der Waals surface area contributed by atoms with Gasteiger partial charge in [0.05, 0.1) is 9.52 Å². The number of rotatable bonds is 6. The van der Waals surface area contributed by atoms with E-state index in [1.54, 1.807) is 0 Å². The number of benzene rings is 6. The Balaban J connectivity index is 0.000000192. The van der Waals surface area contributed by atoms with Crippen molar-refractivity contribution in [3.63, 3.8) is 0 Å². The first-order chi connectivity index (χ1) is 35.3. The molecule has 402 valence electrons. The molecule has 0 amide bonds. The molecule has 0 aromatic heterocycles. The van der Waals surface area contributed by atoms with Crippen molar-refractivity contribution in [2.45, 2.75) is 197 Å². The third-order valence-corrected chi connectivity index (χ3v) is 16.3. The fourth-order valence-corrected chi connectivity index (χ4v) is 11.5. The van der Waals surface area contributed by atoms with E-state index in [4.69, 9.17) is 17.0 Å². The average molecular weight is 1140 g/mol. The molecule has 0 spiro atoms. The molecule has 0 saturated heterocycles. The van der Waals surface area contributed by atoms with E-state index in [0.29, 0.717) is 0 Å². The first kappa shape index (κ1) is 61.4. The zero-order valence-electron chi connectivity index (χ0n) is 50.2. The van der Waals surface area contributed by atoms with Crippen molar-refractivity contribution < 1.29 is 20.8 Å². The first-order valence-electron chi connectivity index (χ1n) is 27.9. The van der Waals surface area contributed by atoms with E-state index in [1.807, 2.05) is 6.07 Å². The third kappa shape index (κ3) is 14.9. The number of hydrogen-bond acceptors (Lipinski definition) is 0. The van der Waals surface area contributed by atoms with Gasteiger partial charge in [-0.05, 0) is 78.7 Å². The van der Waals surface area contributed by atoms with Crippen molar-refractivity contribution in [1.82, 2.24) is 0 Å². The normalized spacial score (nSPS) is 12.8. The summed E-state index contributed by atoms with van der Waals surface area (Å²) >= 11 is -0.826. The van der Waals surface area contributed by atoms with Crippen LogP contribution in [0.15, 0.2) is 127 Å². The summed E-state index contributed by atoms with van der Waals surface area (Å²) in [5, 5.41) is 8.39. The van der Waals surface area contributed by atoms with Crippen molar-refractivity contribution in [2.75, 3.05) is 0 Å². The van der Waals surface area contributed by atoms with E-state index < -0.39 is 20.8 Å². The van der Waals surface area contributed by atoms with Gasteiger partial charge in [0, 0.05) is 0 Å². The van der Waals surface area contributed by atoms with E-state index in [1.165, 1.54) is 110 Å². The quantitative estimate of drug-likeness (QED) is 0.115. The molecule has 0 nitrogen and oxygen atoms in total. The molecule has 8 aromatic carbocycles. The molecule has 0 fully saturated rings. The molecule has 1 aliphatic heterocycles. The number of halogens is 2. The van der Waals surface area contributed by atoms with Crippen LogP contribution in [-0.2, 0) is 66.2 Å². The predicted octanol–water partition coefficient (Wildman–Crippen LogP) is 20.6. The molecule has 0 atom stereocenters. The third-order valence-electron chi connectivity index (χ3n) is 15.0. The second-order valence-corrected chi connectivity index (χ2v) is 32.5. The fourth-order valence-electron chi connectivity index (χ4n) is 10.2. The van der Waals surface area contributed by atoms with E-state index in [0.717, 1.165) is 35.2 Å². The molecule has 0 N–H and O–H groups in total. The van der Waals surface area contributed by atoms with Crippen LogP contribution in [0.2, 0.25) is 0 Å². The van der Waals surface area contributed by atoms with Gasteiger partial charge in [0.25, 0.3) is 0 Å². The Bertz CT molecular complexity index is 2960. The van der Waals surface area contributed by atoms with Gasteiger partial charge in [0.15, 0.2) is 0 Å². The van der Waals surface area contributed by atoms with Gasteiger partial charge in [-0.2, -0.15) is 41.6 Å². The zero-order valence-corrected chi connectivity index (χ0v) is 55.2. The van der Waals surface area contributed by atoms with E-state index in [9.17, 15) is 0 Å². The average Bonchev–Trinajstić information content (AvgIpc) is 4.07. The van der Waals surface area contributed by atoms with Crippen LogP contribution in [0.3, 0.4) is 0 Å². The van der Waals surface area contributed by atoms with Crippen LogP contribution in [0, 0.1) is 6.07 Å². The molecule has 76 heavy (non-hydrogen) atoms. The smallest absolute Gasteiger partial charge is 0.0920 e. The predicted molar refractivity (Wildman–Crippen MR) is 338 cm³/mol. The molecule has 9 rings (SSSR count). The maximum Gasteiger partial charge on any atom is 0.0920 e. The molecular weight excluding hydrogens is 1060 g/mol. The molecular formula is C72H89Cl2SiZr-3. The Morgan fingerprint density at radius 1 is 0.447 bits per heavy atom. The molecule has 8 aromatic rings. The molecule has 0 aliphatic carbocycles. The summed E-state index contributed by atoms with van der Waals surface area (Å²) in [5.41, 5.74) is 20.7. The van der Waals surface area contributed by atoms with Crippen LogP contribution in [0.1, 0.15) is 196 Å². The molecule has 0 bridgehead atoms. The van der Waals surface area contributed by atoms with Crippen molar-refractivity contribution in [3.8, 4) is 33.4 Å². The molecule has 0 saturated carbocycles. The second kappa shape index (κ2) is 24.3. The standard InChI is InChI=1S/2C30H41.C12H7Si.2ClH.Zr/c2*1-11-12-20-13-14-21-15-25(30(8,9)10)19-26(21)27(20)22-16-23(28(2,3)4)18-24(17-22)29(5,6)7;1-3-7-11-9(5-1)10-6-2-4-8-12(10)13-11;;;/h2*13-19H,11-12H2,1-10H3;1-7H;2*1H;/q3*-1;;;+2/p-2. The van der Waals surface area contributed by atoms with Crippen molar-refractivity contribution in [1.29, 1.82) is 0 Å². The first-order valence-corrected chi connectivity index (χ1v) is 35.2. The maximum absolute atomic E-state index is 4.93. The zero-order chi connectivity index (χ0) is 56.3. The van der Waals surface area contributed by atoms with Crippen LogP contribution in [0.4, 0.5) is 0 Å². The number of fused-ring (bicyclic) bond motifs is 5. The Morgan fingerprint density at radius 3 is 1.17 bits per heavy atom. The van der Waals surface area contributed by atoms with Crippen LogP contribution in [-0.4, -0.2) is 9.52 Å². The van der Waals surface area contributed by atoms with Gasteiger partial charge >= 0.3 is 37.9 Å². The monoisotopic (exact) mass is 1140 g/mol. The number of aryl methyl sites for hydroxylation is 2.